The number of methoxy groups -OCH3 is 1. The Morgan fingerprint density at radius 3 is 2.35 bits per heavy atom. The molecule has 0 aliphatic heterocycles. The molecule has 0 bridgehead atoms. The van der Waals surface area contributed by atoms with Crippen LogP contribution in [0.2, 0.25) is 0 Å². The number of benzene rings is 1. The first-order valence-corrected chi connectivity index (χ1v) is 7.62. The number of phenolic OH excluding ortho intramolecular Hbond substituents is 1. The summed E-state index contributed by atoms with van der Waals surface area (Å²) < 4.78 is 6.19. The summed E-state index contributed by atoms with van der Waals surface area (Å²) in [5.41, 5.74) is 6.81. The highest BCUT2D eigenvalue weighted by molar-refractivity contribution is 9.13. The second kappa shape index (κ2) is 8.44. The van der Waals surface area contributed by atoms with E-state index in [1.54, 1.807) is 6.07 Å². The Bertz CT molecular complexity index is 460. The molecule has 0 saturated heterocycles. The molecule has 1 aromatic rings. The minimum Gasteiger partial charge on any atom is -0.503 e. The quantitative estimate of drug-likeness (QED) is 0.661. The average molecular weight is 434 g/mol. The number of hydrogen-bond donors (Lipinski definition) is 3. The van der Waals surface area contributed by atoms with Crippen LogP contribution in [-0.2, 0) is 0 Å². The first-order valence-electron chi connectivity index (χ1n) is 6.03. The van der Waals surface area contributed by atoms with E-state index in [9.17, 15) is 10.2 Å². The van der Waals surface area contributed by atoms with Gasteiger partial charge in [-0.05, 0) is 49.4 Å². The number of aromatic hydroxyl groups is 1. The smallest absolute Gasteiger partial charge is 0.173 e. The molecule has 3 atom stereocenters. The molecule has 20 heavy (non-hydrogen) atoms. The molecule has 0 aliphatic rings. The van der Waals surface area contributed by atoms with Crippen molar-refractivity contribution in [2.24, 2.45) is 11.7 Å². The number of aliphatic hydroxyl groups excluding tert-OH is 1. The number of hydrogen-bond acceptors (Lipinski definition) is 4. The van der Waals surface area contributed by atoms with Crippen molar-refractivity contribution in [3.63, 3.8) is 0 Å². The van der Waals surface area contributed by atoms with E-state index in [1.165, 1.54) is 7.11 Å². The van der Waals surface area contributed by atoms with Gasteiger partial charge in [-0.15, -0.1) is 12.4 Å². The van der Waals surface area contributed by atoms with E-state index in [0.29, 0.717) is 20.3 Å². The number of nitrogens with two attached hydrogens (primary N) is 1. The minimum atomic E-state index is -0.664. The topological polar surface area (TPSA) is 75.7 Å². The van der Waals surface area contributed by atoms with Crippen LogP contribution in [0.5, 0.6) is 11.5 Å². The van der Waals surface area contributed by atoms with Crippen molar-refractivity contribution in [3.05, 3.63) is 20.6 Å². The summed E-state index contributed by atoms with van der Waals surface area (Å²) in [7, 11) is 1.47. The zero-order chi connectivity index (χ0) is 14.7. The Labute approximate surface area is 142 Å². The molecule has 116 valence electrons. The summed E-state index contributed by atoms with van der Waals surface area (Å²) in [4.78, 5) is 0. The number of ether oxygens (including phenoxy) is 1. The van der Waals surface area contributed by atoms with Crippen molar-refractivity contribution < 1.29 is 14.9 Å². The fraction of sp³-hybridized carbons (Fsp3) is 0.538. The summed E-state index contributed by atoms with van der Waals surface area (Å²) in [6.07, 6.45) is 0.172. The van der Waals surface area contributed by atoms with Gasteiger partial charge in [-0.1, -0.05) is 20.3 Å². The zero-order valence-corrected chi connectivity index (χ0v) is 15.5. The Balaban J connectivity index is 0.00000361. The van der Waals surface area contributed by atoms with Gasteiger partial charge in [0.05, 0.1) is 23.7 Å². The van der Waals surface area contributed by atoms with E-state index < -0.39 is 12.1 Å². The average Bonchev–Trinajstić information content (AvgIpc) is 2.42. The highest BCUT2D eigenvalue weighted by atomic mass is 79.9. The molecular formula is C13H20Br2ClNO3. The molecule has 1 aromatic carbocycles. The lowest BCUT2D eigenvalue weighted by molar-refractivity contribution is 0.0876. The molecule has 0 aliphatic carbocycles. The van der Waals surface area contributed by atoms with Gasteiger partial charge >= 0.3 is 0 Å². The second-order valence-electron chi connectivity index (χ2n) is 4.55. The maximum atomic E-state index is 10.2. The summed E-state index contributed by atoms with van der Waals surface area (Å²) in [5.74, 6) is 0.403. The maximum Gasteiger partial charge on any atom is 0.173 e. The van der Waals surface area contributed by atoms with E-state index in [4.69, 9.17) is 10.5 Å². The van der Waals surface area contributed by atoms with Crippen molar-refractivity contribution in [2.45, 2.75) is 32.4 Å². The minimum absolute atomic E-state index is 0. The first-order chi connectivity index (χ1) is 8.84. The SMILES string of the molecule is CCC(C)[C@@H](O)[C@@H](N)c1cc(OC)c(O)c(Br)c1Br.Cl. The highest BCUT2D eigenvalue weighted by Gasteiger charge is 2.26. The third kappa shape index (κ3) is 4.01. The summed E-state index contributed by atoms with van der Waals surface area (Å²) in [6.45, 7) is 3.95. The van der Waals surface area contributed by atoms with Crippen molar-refractivity contribution in [2.75, 3.05) is 7.11 Å². The third-order valence-corrected chi connectivity index (χ3v) is 5.51. The van der Waals surface area contributed by atoms with Gasteiger partial charge in [-0.25, -0.2) is 0 Å². The predicted octanol–water partition coefficient (Wildman–Crippen LogP) is 3.75. The van der Waals surface area contributed by atoms with Gasteiger partial charge < -0.3 is 20.7 Å². The summed E-state index contributed by atoms with van der Waals surface area (Å²) in [5, 5.41) is 20.1. The van der Waals surface area contributed by atoms with Gasteiger partial charge in [0.25, 0.3) is 0 Å². The van der Waals surface area contributed by atoms with Gasteiger partial charge in [0, 0.05) is 4.47 Å². The first kappa shape index (κ1) is 20.0. The fourth-order valence-electron chi connectivity index (χ4n) is 1.79. The molecule has 0 radical (unpaired) electrons. The van der Waals surface area contributed by atoms with Crippen molar-refractivity contribution in [1.82, 2.24) is 0 Å². The summed E-state index contributed by atoms with van der Waals surface area (Å²) in [6, 6.07) is 1.08. The molecule has 1 rings (SSSR count). The van der Waals surface area contributed by atoms with Crippen LogP contribution < -0.4 is 10.5 Å². The van der Waals surface area contributed by atoms with E-state index in [0.717, 1.165) is 6.42 Å². The van der Waals surface area contributed by atoms with Crippen molar-refractivity contribution in [3.8, 4) is 11.5 Å². The van der Waals surface area contributed by atoms with Crippen LogP contribution in [0.1, 0.15) is 31.9 Å². The van der Waals surface area contributed by atoms with Gasteiger partial charge in [0.1, 0.15) is 0 Å². The molecule has 0 fully saturated rings. The third-order valence-electron chi connectivity index (χ3n) is 3.35. The molecule has 7 heteroatoms. The van der Waals surface area contributed by atoms with Gasteiger partial charge in [0.2, 0.25) is 0 Å². The van der Waals surface area contributed by atoms with Crippen molar-refractivity contribution in [1.29, 1.82) is 0 Å². The van der Waals surface area contributed by atoms with Crippen LogP contribution in [0.25, 0.3) is 0 Å². The predicted molar refractivity (Wildman–Crippen MR) is 89.7 cm³/mol. The molecule has 0 spiro atoms. The number of aliphatic hydroxyl groups is 1. The lowest BCUT2D eigenvalue weighted by atomic mass is 9.91. The lowest BCUT2D eigenvalue weighted by Gasteiger charge is -2.26. The second-order valence-corrected chi connectivity index (χ2v) is 6.13. The molecule has 0 amide bonds. The molecule has 0 saturated carbocycles. The van der Waals surface area contributed by atoms with Crippen LogP contribution >= 0.6 is 44.3 Å². The Hall–Kier alpha value is -0.01000. The Morgan fingerprint density at radius 2 is 1.90 bits per heavy atom. The maximum absolute atomic E-state index is 10.2. The Kier molecular flexibility index (Phi) is 8.43. The molecule has 1 unspecified atom stereocenters. The molecular weight excluding hydrogens is 413 g/mol. The Morgan fingerprint density at radius 1 is 1.35 bits per heavy atom. The van der Waals surface area contributed by atoms with Crippen molar-refractivity contribution >= 4 is 44.3 Å². The number of halogens is 3. The van der Waals surface area contributed by atoms with Crippen LogP contribution in [-0.4, -0.2) is 23.4 Å². The highest BCUT2D eigenvalue weighted by Crippen LogP contribution is 2.44. The van der Waals surface area contributed by atoms with Crippen LogP contribution in [0.15, 0.2) is 15.0 Å². The van der Waals surface area contributed by atoms with Gasteiger partial charge in [-0.3, -0.25) is 0 Å². The molecule has 4 nitrogen and oxygen atoms in total. The van der Waals surface area contributed by atoms with E-state index >= 15 is 0 Å². The summed E-state index contributed by atoms with van der Waals surface area (Å²) >= 11 is 6.66. The van der Waals surface area contributed by atoms with Gasteiger partial charge in [0.15, 0.2) is 11.5 Å². The normalized spacial score (nSPS) is 15.2. The molecule has 4 N–H and O–H groups in total. The van der Waals surface area contributed by atoms with Crippen LogP contribution in [0.3, 0.4) is 0 Å². The fourth-order valence-corrected chi connectivity index (χ4v) is 2.78. The number of phenols is 1. The van der Waals surface area contributed by atoms with E-state index in [1.807, 2.05) is 13.8 Å². The van der Waals surface area contributed by atoms with Crippen LogP contribution in [0.4, 0.5) is 0 Å². The standard InChI is InChI=1S/C13H19Br2NO3.ClH/c1-4-6(2)12(17)11(16)7-5-8(19-3)13(18)10(15)9(7)14;/h5-6,11-12,17-18H,4,16H2,1-3H3;1H/t6?,11-,12+;/m0./s1. The zero-order valence-electron chi connectivity index (χ0n) is 11.6. The molecule has 0 heterocycles. The number of rotatable bonds is 5. The van der Waals surface area contributed by atoms with E-state index in [-0.39, 0.29) is 24.1 Å². The molecule has 0 aromatic heterocycles. The monoisotopic (exact) mass is 431 g/mol. The van der Waals surface area contributed by atoms with Gasteiger partial charge in [-0.2, -0.15) is 0 Å². The largest absolute Gasteiger partial charge is 0.503 e. The van der Waals surface area contributed by atoms with Crippen LogP contribution in [0, 0.1) is 5.92 Å². The lowest BCUT2D eigenvalue weighted by Crippen LogP contribution is -2.31. The van der Waals surface area contributed by atoms with E-state index in [2.05, 4.69) is 31.9 Å².